The third-order valence-electron chi connectivity index (χ3n) is 5.03. The maximum Gasteiger partial charge on any atom is 0.322 e. The molecule has 0 atom stereocenters. The SMILES string of the molecule is CCCN(CC(=O)Nc1cc(C(C)(C)C)nn1-c1ccccc1)C(=O)Nc1ccc(F)cc1F. The van der Waals surface area contributed by atoms with Crippen molar-refractivity contribution in [2.75, 3.05) is 23.7 Å². The number of halogens is 2. The summed E-state index contributed by atoms with van der Waals surface area (Å²) < 4.78 is 28.8. The highest BCUT2D eigenvalue weighted by Crippen LogP contribution is 2.26. The molecule has 34 heavy (non-hydrogen) atoms. The van der Waals surface area contributed by atoms with Crippen LogP contribution in [0.2, 0.25) is 0 Å². The van der Waals surface area contributed by atoms with Crippen molar-refractivity contribution in [3.8, 4) is 5.69 Å². The first kappa shape index (κ1) is 24.9. The molecule has 9 heteroatoms. The lowest BCUT2D eigenvalue weighted by Gasteiger charge is -2.22. The molecule has 0 bridgehead atoms. The van der Waals surface area contributed by atoms with Crippen LogP contribution in [-0.2, 0) is 10.2 Å². The average molecular weight is 470 g/mol. The number of anilines is 2. The van der Waals surface area contributed by atoms with Gasteiger partial charge in [-0.2, -0.15) is 5.10 Å². The minimum absolute atomic E-state index is 0.162. The van der Waals surface area contributed by atoms with Gasteiger partial charge in [-0.3, -0.25) is 4.79 Å². The lowest BCUT2D eigenvalue weighted by atomic mass is 9.92. The van der Waals surface area contributed by atoms with Gasteiger partial charge in [0.05, 0.1) is 17.1 Å². The van der Waals surface area contributed by atoms with Crippen LogP contribution in [0.25, 0.3) is 5.69 Å². The number of hydrogen-bond donors (Lipinski definition) is 2. The van der Waals surface area contributed by atoms with Crippen molar-refractivity contribution in [1.82, 2.24) is 14.7 Å². The van der Waals surface area contributed by atoms with Crippen LogP contribution in [-0.4, -0.2) is 39.7 Å². The summed E-state index contributed by atoms with van der Waals surface area (Å²) in [7, 11) is 0. The average Bonchev–Trinajstić information content (AvgIpc) is 3.20. The van der Waals surface area contributed by atoms with Crippen LogP contribution < -0.4 is 10.6 Å². The van der Waals surface area contributed by atoms with Gasteiger partial charge in [0.2, 0.25) is 5.91 Å². The van der Waals surface area contributed by atoms with Gasteiger partial charge in [0.25, 0.3) is 0 Å². The fourth-order valence-corrected chi connectivity index (χ4v) is 3.27. The number of nitrogens with one attached hydrogen (secondary N) is 2. The highest BCUT2D eigenvalue weighted by Gasteiger charge is 2.23. The minimum Gasteiger partial charge on any atom is -0.315 e. The van der Waals surface area contributed by atoms with E-state index in [-0.39, 0.29) is 24.2 Å². The van der Waals surface area contributed by atoms with E-state index in [2.05, 4.69) is 15.7 Å². The molecule has 0 fully saturated rings. The van der Waals surface area contributed by atoms with Gasteiger partial charge in [-0.05, 0) is 30.7 Å². The van der Waals surface area contributed by atoms with Gasteiger partial charge in [0, 0.05) is 24.1 Å². The van der Waals surface area contributed by atoms with Crippen molar-refractivity contribution < 1.29 is 18.4 Å². The third kappa shape index (κ3) is 6.18. The summed E-state index contributed by atoms with van der Waals surface area (Å²) in [5, 5.41) is 9.91. The Hall–Kier alpha value is -3.75. The first-order chi connectivity index (χ1) is 16.1. The zero-order valence-electron chi connectivity index (χ0n) is 19.7. The summed E-state index contributed by atoms with van der Waals surface area (Å²) in [6.07, 6.45) is 0.586. The molecular formula is C25H29F2N5O2. The van der Waals surface area contributed by atoms with Crippen molar-refractivity contribution in [2.45, 2.75) is 39.5 Å². The van der Waals surface area contributed by atoms with Gasteiger partial charge in [0.1, 0.15) is 24.0 Å². The number of benzene rings is 2. The summed E-state index contributed by atoms with van der Waals surface area (Å²) in [6, 6.07) is 13.4. The summed E-state index contributed by atoms with van der Waals surface area (Å²) in [5.41, 5.74) is 1.17. The molecule has 0 saturated carbocycles. The van der Waals surface area contributed by atoms with Crippen molar-refractivity contribution in [2.24, 2.45) is 0 Å². The normalized spacial score (nSPS) is 11.2. The second-order valence-electron chi connectivity index (χ2n) is 8.94. The van der Waals surface area contributed by atoms with Gasteiger partial charge in [0.15, 0.2) is 0 Å². The van der Waals surface area contributed by atoms with E-state index in [4.69, 9.17) is 0 Å². The molecule has 3 amide bonds. The molecule has 0 aliphatic rings. The Morgan fingerprint density at radius 1 is 1.03 bits per heavy atom. The minimum atomic E-state index is -0.893. The van der Waals surface area contributed by atoms with Crippen molar-refractivity contribution in [3.05, 3.63) is 71.9 Å². The predicted molar refractivity (Wildman–Crippen MR) is 128 cm³/mol. The van der Waals surface area contributed by atoms with Crippen molar-refractivity contribution in [1.29, 1.82) is 0 Å². The molecule has 180 valence electrons. The number of hydrogen-bond acceptors (Lipinski definition) is 3. The molecule has 1 aromatic heterocycles. The molecule has 3 aromatic rings. The number of para-hydroxylation sites is 1. The van der Waals surface area contributed by atoms with E-state index < -0.39 is 23.6 Å². The van der Waals surface area contributed by atoms with E-state index in [1.165, 1.54) is 4.90 Å². The maximum absolute atomic E-state index is 14.0. The van der Waals surface area contributed by atoms with Gasteiger partial charge in [-0.1, -0.05) is 45.9 Å². The molecule has 0 spiro atoms. The lowest BCUT2D eigenvalue weighted by Crippen LogP contribution is -2.41. The Bertz CT molecular complexity index is 1160. The van der Waals surface area contributed by atoms with Crippen molar-refractivity contribution in [3.63, 3.8) is 0 Å². The Morgan fingerprint density at radius 3 is 2.35 bits per heavy atom. The molecule has 3 rings (SSSR count). The van der Waals surface area contributed by atoms with Gasteiger partial charge in [-0.15, -0.1) is 0 Å². The van der Waals surface area contributed by atoms with Crippen LogP contribution in [0, 0.1) is 11.6 Å². The van der Waals surface area contributed by atoms with Crippen LogP contribution in [0.1, 0.15) is 39.8 Å². The van der Waals surface area contributed by atoms with Gasteiger partial charge >= 0.3 is 6.03 Å². The molecule has 2 aromatic carbocycles. The van der Waals surface area contributed by atoms with Crippen LogP contribution in [0.3, 0.4) is 0 Å². The fraction of sp³-hybridized carbons (Fsp3) is 0.320. The summed E-state index contributed by atoms with van der Waals surface area (Å²) in [5.74, 6) is -1.59. The van der Waals surface area contributed by atoms with E-state index in [9.17, 15) is 18.4 Å². The topological polar surface area (TPSA) is 79.3 Å². The first-order valence-electron chi connectivity index (χ1n) is 11.0. The van der Waals surface area contributed by atoms with Crippen LogP contribution >= 0.6 is 0 Å². The van der Waals surface area contributed by atoms with Crippen LogP contribution in [0.15, 0.2) is 54.6 Å². The first-order valence-corrected chi connectivity index (χ1v) is 11.0. The molecule has 0 radical (unpaired) electrons. The van der Waals surface area contributed by atoms with E-state index in [1.54, 1.807) is 4.68 Å². The second-order valence-corrected chi connectivity index (χ2v) is 8.94. The van der Waals surface area contributed by atoms with Crippen LogP contribution in [0.4, 0.5) is 25.1 Å². The molecular weight excluding hydrogens is 440 g/mol. The number of carbonyl (C=O) groups excluding carboxylic acids is 2. The fourth-order valence-electron chi connectivity index (χ4n) is 3.27. The molecule has 1 heterocycles. The van der Waals surface area contributed by atoms with E-state index in [0.717, 1.165) is 23.5 Å². The zero-order valence-corrected chi connectivity index (χ0v) is 19.7. The van der Waals surface area contributed by atoms with Gasteiger partial charge in [-0.25, -0.2) is 18.3 Å². The zero-order chi connectivity index (χ0) is 24.9. The largest absolute Gasteiger partial charge is 0.322 e. The molecule has 0 saturated heterocycles. The number of nitrogens with zero attached hydrogens (tertiary/aromatic N) is 3. The Kier molecular flexibility index (Phi) is 7.65. The Morgan fingerprint density at radius 2 is 1.74 bits per heavy atom. The number of urea groups is 1. The number of rotatable bonds is 7. The van der Waals surface area contributed by atoms with E-state index >= 15 is 0 Å². The summed E-state index contributed by atoms with van der Waals surface area (Å²) in [4.78, 5) is 26.9. The monoisotopic (exact) mass is 469 g/mol. The number of carbonyl (C=O) groups is 2. The highest BCUT2D eigenvalue weighted by atomic mass is 19.1. The Labute approximate surface area is 197 Å². The smallest absolute Gasteiger partial charge is 0.315 e. The second kappa shape index (κ2) is 10.5. The molecule has 0 unspecified atom stereocenters. The van der Waals surface area contributed by atoms with E-state index in [1.807, 2.05) is 64.1 Å². The van der Waals surface area contributed by atoms with Crippen LogP contribution in [0.5, 0.6) is 0 Å². The number of aromatic nitrogens is 2. The lowest BCUT2D eigenvalue weighted by molar-refractivity contribution is -0.116. The summed E-state index contributed by atoms with van der Waals surface area (Å²) >= 11 is 0. The van der Waals surface area contributed by atoms with E-state index in [0.29, 0.717) is 18.3 Å². The molecule has 0 aliphatic carbocycles. The quantitative estimate of drug-likeness (QED) is 0.491. The molecule has 7 nitrogen and oxygen atoms in total. The molecule has 2 N–H and O–H groups in total. The molecule has 0 aliphatic heterocycles. The van der Waals surface area contributed by atoms with Gasteiger partial charge < -0.3 is 15.5 Å². The predicted octanol–water partition coefficient (Wildman–Crippen LogP) is 5.33. The maximum atomic E-state index is 14.0. The Balaban J connectivity index is 1.78. The number of amides is 3. The third-order valence-corrected chi connectivity index (χ3v) is 5.03. The summed E-state index contributed by atoms with van der Waals surface area (Å²) in [6.45, 7) is 7.95. The standard InChI is InChI=1S/C25H29F2N5O2/c1-5-13-31(24(34)28-20-12-11-17(26)14-19(20)27)16-23(33)29-22-15-21(25(2,3)4)30-32(22)18-9-7-6-8-10-18/h6-12,14-15H,5,13,16H2,1-4H3,(H,28,34)(H,29,33). The highest BCUT2D eigenvalue weighted by molar-refractivity contribution is 5.96. The van der Waals surface area contributed by atoms with Crippen molar-refractivity contribution >= 4 is 23.4 Å².